The van der Waals surface area contributed by atoms with Gasteiger partial charge in [-0.1, -0.05) is 23.8 Å². The van der Waals surface area contributed by atoms with Gasteiger partial charge in [-0.3, -0.25) is 9.59 Å². The summed E-state index contributed by atoms with van der Waals surface area (Å²) < 4.78 is 18.5. The zero-order valence-electron chi connectivity index (χ0n) is 14.7. The Kier molecular flexibility index (Phi) is 5.51. The summed E-state index contributed by atoms with van der Waals surface area (Å²) in [5.74, 6) is -0.265. The number of ether oxygens (including phenoxy) is 1. The highest BCUT2D eigenvalue weighted by molar-refractivity contribution is 5.94. The van der Waals surface area contributed by atoms with Crippen LogP contribution in [-0.2, 0) is 4.79 Å². The topological polar surface area (TPSA) is 49.9 Å². The summed E-state index contributed by atoms with van der Waals surface area (Å²) in [6.45, 7) is 3.70. The van der Waals surface area contributed by atoms with Crippen molar-refractivity contribution in [1.82, 2.24) is 9.80 Å². The summed E-state index contributed by atoms with van der Waals surface area (Å²) in [5, 5.41) is 0. The predicted octanol–water partition coefficient (Wildman–Crippen LogP) is 2.50. The van der Waals surface area contributed by atoms with Crippen molar-refractivity contribution in [2.75, 3.05) is 32.8 Å². The molecule has 3 rings (SSSR count). The standard InChI is InChI=1S/C20H21FN2O3/c1-15-4-2-5-16(12-15)20(25)23-10-8-22(9-11-23)19(24)14-26-18-7-3-6-17(21)13-18/h2-7,12-13H,8-11,14H2,1H3. The lowest BCUT2D eigenvalue weighted by atomic mass is 10.1. The molecule has 6 heteroatoms. The van der Waals surface area contributed by atoms with Crippen LogP contribution >= 0.6 is 0 Å². The second-order valence-corrected chi connectivity index (χ2v) is 6.29. The van der Waals surface area contributed by atoms with Gasteiger partial charge in [0, 0.05) is 37.8 Å². The van der Waals surface area contributed by atoms with E-state index in [4.69, 9.17) is 4.74 Å². The molecule has 2 aromatic rings. The monoisotopic (exact) mass is 356 g/mol. The fraction of sp³-hybridized carbons (Fsp3) is 0.300. The highest BCUT2D eigenvalue weighted by Crippen LogP contribution is 2.13. The maximum Gasteiger partial charge on any atom is 0.260 e. The summed E-state index contributed by atoms with van der Waals surface area (Å²) in [7, 11) is 0. The van der Waals surface area contributed by atoms with Crippen LogP contribution in [0.2, 0.25) is 0 Å². The minimum Gasteiger partial charge on any atom is -0.484 e. The van der Waals surface area contributed by atoms with Gasteiger partial charge >= 0.3 is 0 Å². The Bertz CT molecular complexity index is 801. The molecule has 0 bridgehead atoms. The second-order valence-electron chi connectivity index (χ2n) is 6.29. The van der Waals surface area contributed by atoms with E-state index in [-0.39, 0.29) is 18.4 Å². The van der Waals surface area contributed by atoms with E-state index in [9.17, 15) is 14.0 Å². The molecule has 1 aliphatic rings. The molecule has 0 aliphatic carbocycles. The summed E-state index contributed by atoms with van der Waals surface area (Å²) >= 11 is 0. The molecule has 0 radical (unpaired) electrons. The van der Waals surface area contributed by atoms with E-state index in [1.807, 2.05) is 25.1 Å². The van der Waals surface area contributed by atoms with Gasteiger partial charge in [0.05, 0.1) is 0 Å². The fourth-order valence-electron chi connectivity index (χ4n) is 2.91. The molecule has 0 atom stereocenters. The highest BCUT2D eigenvalue weighted by atomic mass is 19.1. The molecule has 1 fully saturated rings. The average molecular weight is 356 g/mol. The maximum atomic E-state index is 13.1. The first kappa shape index (κ1) is 17.9. The molecule has 136 valence electrons. The minimum atomic E-state index is -0.404. The van der Waals surface area contributed by atoms with Crippen LogP contribution in [0, 0.1) is 12.7 Å². The fourth-order valence-corrected chi connectivity index (χ4v) is 2.91. The molecule has 2 aromatic carbocycles. The first-order valence-electron chi connectivity index (χ1n) is 8.55. The van der Waals surface area contributed by atoms with Gasteiger partial charge in [0.1, 0.15) is 11.6 Å². The largest absolute Gasteiger partial charge is 0.484 e. The molecule has 0 unspecified atom stereocenters. The molecular weight excluding hydrogens is 335 g/mol. The lowest BCUT2D eigenvalue weighted by Gasteiger charge is -2.34. The molecule has 0 N–H and O–H groups in total. The number of hydrogen-bond acceptors (Lipinski definition) is 3. The number of benzene rings is 2. The van der Waals surface area contributed by atoms with E-state index in [1.165, 1.54) is 18.2 Å². The molecule has 1 aliphatic heterocycles. The van der Waals surface area contributed by atoms with Gasteiger partial charge in [-0.2, -0.15) is 0 Å². The number of amides is 2. The lowest BCUT2D eigenvalue weighted by molar-refractivity contribution is -0.134. The average Bonchev–Trinajstić information content (AvgIpc) is 2.66. The van der Waals surface area contributed by atoms with Crippen molar-refractivity contribution < 1.29 is 18.7 Å². The Morgan fingerprint density at radius 1 is 1.00 bits per heavy atom. The van der Waals surface area contributed by atoms with Crippen molar-refractivity contribution in [3.05, 3.63) is 65.5 Å². The van der Waals surface area contributed by atoms with E-state index in [0.29, 0.717) is 37.5 Å². The number of aryl methyl sites for hydroxylation is 1. The molecule has 0 aromatic heterocycles. The van der Waals surface area contributed by atoms with Crippen LogP contribution < -0.4 is 4.74 Å². The third-order valence-corrected chi connectivity index (χ3v) is 4.34. The molecule has 26 heavy (non-hydrogen) atoms. The Balaban J connectivity index is 1.50. The van der Waals surface area contributed by atoms with Gasteiger partial charge in [0.25, 0.3) is 11.8 Å². The van der Waals surface area contributed by atoms with Crippen LogP contribution in [0.1, 0.15) is 15.9 Å². The van der Waals surface area contributed by atoms with Crippen LogP contribution in [0.3, 0.4) is 0 Å². The van der Waals surface area contributed by atoms with Crippen molar-refractivity contribution in [3.63, 3.8) is 0 Å². The van der Waals surface area contributed by atoms with Gasteiger partial charge in [-0.15, -0.1) is 0 Å². The number of hydrogen-bond donors (Lipinski definition) is 0. The summed E-state index contributed by atoms with van der Waals surface area (Å²) in [4.78, 5) is 28.2. The van der Waals surface area contributed by atoms with Crippen molar-refractivity contribution in [2.24, 2.45) is 0 Å². The normalized spacial score (nSPS) is 14.2. The molecule has 0 saturated carbocycles. The number of carbonyl (C=O) groups excluding carboxylic acids is 2. The summed E-state index contributed by atoms with van der Waals surface area (Å²) in [6, 6.07) is 13.2. The van der Waals surface area contributed by atoms with Crippen LogP contribution in [0.15, 0.2) is 48.5 Å². The first-order chi connectivity index (χ1) is 12.5. The van der Waals surface area contributed by atoms with Gasteiger partial charge in [-0.05, 0) is 31.2 Å². The second kappa shape index (κ2) is 7.99. The Labute approximate surface area is 152 Å². The van der Waals surface area contributed by atoms with E-state index in [1.54, 1.807) is 21.9 Å². The SMILES string of the molecule is Cc1cccc(C(=O)N2CCN(C(=O)COc3cccc(F)c3)CC2)c1. The van der Waals surface area contributed by atoms with E-state index in [0.717, 1.165) is 5.56 Å². The van der Waals surface area contributed by atoms with Crippen LogP contribution in [0.4, 0.5) is 4.39 Å². The molecule has 2 amide bonds. The van der Waals surface area contributed by atoms with E-state index >= 15 is 0 Å². The van der Waals surface area contributed by atoms with Crippen LogP contribution in [0.25, 0.3) is 0 Å². The van der Waals surface area contributed by atoms with E-state index in [2.05, 4.69) is 0 Å². The Morgan fingerprint density at radius 3 is 2.38 bits per heavy atom. The van der Waals surface area contributed by atoms with Gasteiger partial charge < -0.3 is 14.5 Å². The van der Waals surface area contributed by atoms with Crippen molar-refractivity contribution in [2.45, 2.75) is 6.92 Å². The quantitative estimate of drug-likeness (QED) is 0.846. The number of halogens is 1. The molecule has 5 nitrogen and oxygen atoms in total. The van der Waals surface area contributed by atoms with Crippen molar-refractivity contribution in [3.8, 4) is 5.75 Å². The zero-order valence-corrected chi connectivity index (χ0v) is 14.7. The smallest absolute Gasteiger partial charge is 0.260 e. The minimum absolute atomic E-state index is 0.0168. The van der Waals surface area contributed by atoms with Crippen molar-refractivity contribution in [1.29, 1.82) is 0 Å². The number of carbonyl (C=O) groups is 2. The lowest BCUT2D eigenvalue weighted by Crippen LogP contribution is -2.51. The molecule has 1 saturated heterocycles. The summed E-state index contributed by atoms with van der Waals surface area (Å²) in [5.41, 5.74) is 1.71. The van der Waals surface area contributed by atoms with Crippen molar-refractivity contribution >= 4 is 11.8 Å². The van der Waals surface area contributed by atoms with Gasteiger partial charge in [0.15, 0.2) is 6.61 Å². The molecular formula is C20H21FN2O3. The zero-order chi connectivity index (χ0) is 18.5. The summed E-state index contributed by atoms with van der Waals surface area (Å²) in [6.07, 6.45) is 0. The Morgan fingerprint density at radius 2 is 1.69 bits per heavy atom. The van der Waals surface area contributed by atoms with Gasteiger partial charge in [0.2, 0.25) is 0 Å². The predicted molar refractivity (Wildman–Crippen MR) is 95.6 cm³/mol. The Hall–Kier alpha value is -2.89. The third kappa shape index (κ3) is 4.39. The first-order valence-corrected chi connectivity index (χ1v) is 8.55. The van der Waals surface area contributed by atoms with Crippen LogP contribution in [0.5, 0.6) is 5.75 Å². The molecule has 1 heterocycles. The molecule has 0 spiro atoms. The number of piperazine rings is 1. The highest BCUT2D eigenvalue weighted by Gasteiger charge is 2.25. The van der Waals surface area contributed by atoms with Crippen LogP contribution in [-0.4, -0.2) is 54.4 Å². The maximum absolute atomic E-state index is 13.1. The number of rotatable bonds is 4. The van der Waals surface area contributed by atoms with Gasteiger partial charge in [-0.25, -0.2) is 4.39 Å². The third-order valence-electron chi connectivity index (χ3n) is 4.34. The number of nitrogens with zero attached hydrogens (tertiary/aromatic N) is 2. The van der Waals surface area contributed by atoms with E-state index < -0.39 is 5.82 Å².